The molecule has 0 aromatic rings. The van der Waals surface area contributed by atoms with Gasteiger partial charge in [0.05, 0.1) is 13.0 Å². The van der Waals surface area contributed by atoms with Crippen LogP contribution in [0.3, 0.4) is 0 Å². The number of Topliss-reactive ketones (excluding diaryl/α,β-unsaturated/α-hetero) is 1. The van der Waals surface area contributed by atoms with Crippen molar-refractivity contribution in [3.8, 4) is 0 Å². The molecule has 4 aliphatic rings. The first-order chi connectivity index (χ1) is 14.6. The van der Waals surface area contributed by atoms with Gasteiger partial charge in [0, 0.05) is 11.8 Å². The Morgan fingerprint density at radius 1 is 1.13 bits per heavy atom. The number of rotatable bonds is 5. The van der Waals surface area contributed by atoms with Crippen molar-refractivity contribution in [3.05, 3.63) is 11.6 Å². The Labute approximate surface area is 184 Å². The average molecular weight is 433 g/mol. The van der Waals surface area contributed by atoms with Gasteiger partial charge in [0.25, 0.3) is 0 Å². The van der Waals surface area contributed by atoms with Gasteiger partial charge in [-0.15, -0.1) is 0 Å². The van der Waals surface area contributed by atoms with Crippen LogP contribution in [0.25, 0.3) is 0 Å². The minimum atomic E-state index is -1.31. The zero-order chi connectivity index (χ0) is 22.6. The minimum Gasteiger partial charge on any atom is -0.450 e. The van der Waals surface area contributed by atoms with Crippen LogP contribution in [0.2, 0.25) is 0 Å². The van der Waals surface area contributed by atoms with E-state index >= 15 is 0 Å². The summed E-state index contributed by atoms with van der Waals surface area (Å²) in [6.45, 7) is 5.64. The van der Waals surface area contributed by atoms with Crippen LogP contribution in [0.15, 0.2) is 11.6 Å². The number of allylic oxidation sites excluding steroid dienone is 1. The highest BCUT2D eigenvalue weighted by Crippen LogP contribution is 2.69. The number of ketones is 2. The van der Waals surface area contributed by atoms with Crippen molar-refractivity contribution in [2.24, 2.45) is 34.5 Å². The Morgan fingerprint density at radius 3 is 2.52 bits per heavy atom. The van der Waals surface area contributed by atoms with Crippen molar-refractivity contribution in [2.45, 2.75) is 77.7 Å². The van der Waals surface area contributed by atoms with Crippen LogP contribution in [-0.4, -0.2) is 46.6 Å². The molecule has 0 aromatic heterocycles. The van der Waals surface area contributed by atoms with Gasteiger partial charge in [0.2, 0.25) is 5.78 Å². The average Bonchev–Trinajstić information content (AvgIpc) is 3.02. The molecule has 0 unspecified atom stereocenters. The lowest BCUT2D eigenvalue weighted by Crippen LogP contribution is -2.60. The van der Waals surface area contributed by atoms with Crippen molar-refractivity contribution < 1.29 is 29.3 Å². The van der Waals surface area contributed by atoms with Gasteiger partial charge in [-0.2, -0.15) is 0 Å². The molecule has 0 saturated heterocycles. The van der Waals surface area contributed by atoms with Crippen LogP contribution in [0, 0.1) is 34.5 Å². The van der Waals surface area contributed by atoms with Crippen molar-refractivity contribution in [2.75, 3.05) is 13.2 Å². The molecule has 0 bridgehead atoms. The van der Waals surface area contributed by atoms with Crippen LogP contribution in [0.1, 0.15) is 72.1 Å². The number of esters is 1. The second-order valence-electron chi connectivity index (χ2n) is 10.8. The largest absolute Gasteiger partial charge is 0.450 e. The molecule has 0 amide bonds. The topological polar surface area (TPSA) is 101 Å². The van der Waals surface area contributed by atoms with Crippen LogP contribution in [-0.2, 0) is 19.1 Å². The van der Waals surface area contributed by atoms with E-state index in [1.165, 1.54) is 5.57 Å². The number of ether oxygens (including phenoxy) is 1. The van der Waals surface area contributed by atoms with Crippen molar-refractivity contribution in [1.29, 1.82) is 0 Å². The van der Waals surface area contributed by atoms with E-state index in [-0.39, 0.29) is 30.1 Å². The maximum Gasteiger partial charge on any atom is 0.309 e. The summed E-state index contributed by atoms with van der Waals surface area (Å²) in [6.07, 6.45) is 7.12. The molecule has 7 atom stereocenters. The predicted octanol–water partition coefficient (Wildman–Crippen LogP) is 2.99. The molecular weight excluding hydrogens is 396 g/mol. The zero-order valence-electron chi connectivity index (χ0n) is 19.0. The number of hydrogen-bond donors (Lipinski definition) is 2. The number of aliphatic hydroxyl groups is 2. The highest BCUT2D eigenvalue weighted by molar-refractivity contribution is 5.92. The van der Waals surface area contributed by atoms with Gasteiger partial charge in [-0.3, -0.25) is 14.4 Å². The fourth-order valence-electron chi connectivity index (χ4n) is 8.13. The summed E-state index contributed by atoms with van der Waals surface area (Å²) in [6, 6.07) is 0. The van der Waals surface area contributed by atoms with E-state index in [0.717, 1.165) is 32.1 Å². The molecule has 0 spiro atoms. The summed E-state index contributed by atoms with van der Waals surface area (Å²) in [5.41, 5.74) is -0.524. The molecule has 4 aliphatic carbocycles. The van der Waals surface area contributed by atoms with E-state index in [1.807, 2.05) is 6.08 Å². The van der Waals surface area contributed by atoms with Crippen LogP contribution < -0.4 is 0 Å². The third kappa shape index (κ3) is 3.16. The molecule has 6 heteroatoms. The van der Waals surface area contributed by atoms with Gasteiger partial charge >= 0.3 is 5.97 Å². The first-order valence-corrected chi connectivity index (χ1v) is 11.8. The lowest BCUT2D eigenvalue weighted by Gasteiger charge is -2.60. The van der Waals surface area contributed by atoms with E-state index in [2.05, 4.69) is 20.8 Å². The normalized spacial score (nSPS) is 44.0. The first-order valence-electron chi connectivity index (χ1n) is 11.8. The summed E-state index contributed by atoms with van der Waals surface area (Å²) >= 11 is 0. The van der Waals surface area contributed by atoms with Crippen molar-refractivity contribution in [1.82, 2.24) is 0 Å². The van der Waals surface area contributed by atoms with Crippen LogP contribution in [0.5, 0.6) is 0 Å². The number of carbonyl (C=O) groups excluding carboxylic acids is 3. The fraction of sp³-hybridized carbons (Fsp3) is 0.800. The molecule has 31 heavy (non-hydrogen) atoms. The summed E-state index contributed by atoms with van der Waals surface area (Å²) in [5, 5.41) is 18.9. The number of carbonyl (C=O) groups is 3. The second-order valence-corrected chi connectivity index (χ2v) is 10.8. The summed E-state index contributed by atoms with van der Waals surface area (Å²) in [5.74, 6) is 0.640. The smallest absolute Gasteiger partial charge is 0.309 e. The second kappa shape index (κ2) is 7.80. The lowest BCUT2D eigenvalue weighted by molar-refractivity contribution is -0.192. The van der Waals surface area contributed by atoms with E-state index in [0.29, 0.717) is 30.6 Å². The summed E-state index contributed by atoms with van der Waals surface area (Å²) in [4.78, 5) is 37.6. The quantitative estimate of drug-likeness (QED) is 0.648. The van der Waals surface area contributed by atoms with Gasteiger partial charge < -0.3 is 14.9 Å². The van der Waals surface area contributed by atoms with Gasteiger partial charge in [0.1, 0.15) is 6.61 Å². The molecule has 0 aliphatic heterocycles. The molecular formula is C25H36O6. The van der Waals surface area contributed by atoms with Crippen molar-refractivity contribution >= 4 is 17.5 Å². The lowest BCUT2D eigenvalue weighted by atomic mass is 9.44. The van der Waals surface area contributed by atoms with Crippen molar-refractivity contribution in [3.63, 3.8) is 0 Å². The van der Waals surface area contributed by atoms with E-state index < -0.39 is 29.4 Å². The van der Waals surface area contributed by atoms with Crippen LogP contribution >= 0.6 is 0 Å². The van der Waals surface area contributed by atoms with E-state index in [4.69, 9.17) is 9.84 Å². The zero-order valence-corrected chi connectivity index (χ0v) is 19.0. The summed E-state index contributed by atoms with van der Waals surface area (Å²) < 4.78 is 5.85. The number of aliphatic hydroxyl groups excluding tert-OH is 2. The maximum absolute atomic E-state index is 13.1. The van der Waals surface area contributed by atoms with Gasteiger partial charge in [-0.05, 0) is 73.7 Å². The Kier molecular flexibility index (Phi) is 5.70. The highest BCUT2D eigenvalue weighted by Gasteiger charge is 2.68. The number of hydrogen-bond acceptors (Lipinski definition) is 6. The maximum atomic E-state index is 13.1. The third-order valence-electron chi connectivity index (χ3n) is 9.60. The first kappa shape index (κ1) is 22.7. The molecule has 0 aromatic carbocycles. The Morgan fingerprint density at radius 2 is 1.84 bits per heavy atom. The molecule has 172 valence electrons. The predicted molar refractivity (Wildman–Crippen MR) is 114 cm³/mol. The Bertz CT molecular complexity index is 817. The molecule has 2 N–H and O–H groups in total. The molecule has 0 heterocycles. The Hall–Kier alpha value is -1.53. The minimum absolute atomic E-state index is 0.0113. The van der Waals surface area contributed by atoms with Gasteiger partial charge in [-0.1, -0.05) is 26.3 Å². The van der Waals surface area contributed by atoms with E-state index in [1.54, 1.807) is 0 Å². The van der Waals surface area contributed by atoms with Gasteiger partial charge in [0.15, 0.2) is 11.4 Å². The molecule has 6 nitrogen and oxygen atoms in total. The fourth-order valence-corrected chi connectivity index (χ4v) is 8.13. The standard InChI is InChI=1S/C25H36O6/c1-15-12-17-18(23(2)8-4-16(28)13-20(15)23)5-9-24(3)19(17)6-10-25(24,21(29)14-27)31-22(30)7-11-26/h13,15,17-19,26-27H,4-12,14H2,1-3H3/t15-,17+,18-,19-,23+,24-,25-/m0/s1. The molecule has 4 rings (SSSR count). The SMILES string of the molecule is C[C@H]1C[C@@H]2[C@H](CC[C@@]3(C)[C@H]2CC[C@]3(OC(=O)CCO)C(=O)CO)[C@@]2(C)CCC(=O)C=C12. The number of fused-ring (bicyclic) bond motifs is 5. The molecule has 3 fully saturated rings. The summed E-state index contributed by atoms with van der Waals surface area (Å²) in [7, 11) is 0. The Balaban J connectivity index is 1.71. The van der Waals surface area contributed by atoms with Crippen LogP contribution in [0.4, 0.5) is 0 Å². The molecule has 3 saturated carbocycles. The monoisotopic (exact) mass is 432 g/mol. The van der Waals surface area contributed by atoms with E-state index in [9.17, 15) is 19.5 Å². The highest BCUT2D eigenvalue weighted by atomic mass is 16.6. The molecule has 0 radical (unpaired) electrons. The third-order valence-corrected chi connectivity index (χ3v) is 9.60. The van der Waals surface area contributed by atoms with Gasteiger partial charge in [-0.25, -0.2) is 0 Å².